The predicted molar refractivity (Wildman–Crippen MR) is 138 cm³/mol. The Morgan fingerprint density at radius 2 is 1.29 bits per heavy atom. The third-order valence-electron chi connectivity index (χ3n) is 5.37. The van der Waals surface area contributed by atoms with Gasteiger partial charge in [0.2, 0.25) is 0 Å². The number of methoxy groups -OCH3 is 2. The van der Waals surface area contributed by atoms with Crippen molar-refractivity contribution in [1.29, 1.82) is 0 Å². The van der Waals surface area contributed by atoms with Crippen LogP contribution in [0.25, 0.3) is 0 Å². The molecule has 2 aliphatic heterocycles. The fourth-order valence-corrected chi connectivity index (χ4v) is 3.71. The number of nitrogens with zero attached hydrogens (tertiary/aromatic N) is 1. The lowest BCUT2D eigenvalue weighted by atomic mass is 10.2. The molecule has 0 amide bonds. The maximum absolute atomic E-state index is 12.0. The van der Waals surface area contributed by atoms with Crippen molar-refractivity contribution in [3.63, 3.8) is 0 Å². The molecule has 38 heavy (non-hydrogen) atoms. The lowest BCUT2D eigenvalue weighted by molar-refractivity contribution is -0.736. The summed E-state index contributed by atoms with van der Waals surface area (Å²) in [6.07, 6.45) is -0.315. The molecule has 4 atom stereocenters. The second kappa shape index (κ2) is 17.2. The van der Waals surface area contributed by atoms with Crippen molar-refractivity contribution in [2.75, 3.05) is 58.8 Å². The van der Waals surface area contributed by atoms with Gasteiger partial charge in [0.15, 0.2) is 7.11 Å². The summed E-state index contributed by atoms with van der Waals surface area (Å²) < 4.78 is 37.1. The van der Waals surface area contributed by atoms with E-state index in [4.69, 9.17) is 23.7 Å². The van der Waals surface area contributed by atoms with Crippen molar-refractivity contribution in [2.45, 2.75) is 37.3 Å². The zero-order chi connectivity index (χ0) is 27.9. The van der Waals surface area contributed by atoms with Crippen LogP contribution in [0.2, 0.25) is 0 Å². The maximum atomic E-state index is 12.0. The highest BCUT2D eigenvalue weighted by Gasteiger charge is 2.26. The van der Waals surface area contributed by atoms with E-state index in [1.165, 1.54) is 45.6 Å². The first-order chi connectivity index (χ1) is 18.3. The summed E-state index contributed by atoms with van der Waals surface area (Å²) in [4.78, 5) is 50.1. The minimum atomic E-state index is -0.540. The van der Waals surface area contributed by atoms with Crippen molar-refractivity contribution < 1.29 is 57.3 Å². The van der Waals surface area contributed by atoms with Crippen LogP contribution in [-0.4, -0.2) is 106 Å². The highest BCUT2D eigenvalue weighted by atomic mass is 127. The smallest absolute Gasteiger partial charge is 0.338 e. The van der Waals surface area contributed by atoms with Gasteiger partial charge in [-0.2, -0.15) is 0 Å². The van der Waals surface area contributed by atoms with Crippen molar-refractivity contribution in [1.82, 2.24) is 0 Å². The molecule has 2 heterocycles. The molecule has 14 heteroatoms. The Balaban J connectivity index is 0.000000328. The monoisotopic (exact) mass is 654 g/mol. The summed E-state index contributed by atoms with van der Waals surface area (Å²) in [6.45, 7) is 1.53. The molecule has 0 spiro atoms. The molecule has 0 N–H and O–H groups in total. The second-order valence-electron chi connectivity index (χ2n) is 8.12. The van der Waals surface area contributed by atoms with Gasteiger partial charge in [-0.3, -0.25) is 9.59 Å². The minimum absolute atomic E-state index is 0.0251. The lowest BCUT2D eigenvalue weighted by Crippen LogP contribution is -2.39. The summed E-state index contributed by atoms with van der Waals surface area (Å²) >= 11 is 2.25. The van der Waals surface area contributed by atoms with Crippen LogP contribution >= 0.6 is 22.6 Å². The van der Waals surface area contributed by atoms with Crippen LogP contribution < -0.4 is 0 Å². The Kier molecular flexibility index (Phi) is 14.4. The molecule has 1 aromatic carbocycles. The normalized spacial score (nSPS) is 22.7. The first kappa shape index (κ1) is 31.8. The highest BCUT2D eigenvalue weighted by Crippen LogP contribution is 2.15. The number of hydrogen-bond acceptors (Lipinski definition) is 12. The fourth-order valence-electron chi connectivity index (χ4n) is 3.20. The fraction of sp³-hybridized carbons (Fsp3) is 0.625. The first-order valence-corrected chi connectivity index (χ1v) is 13.3. The van der Waals surface area contributed by atoms with Crippen LogP contribution in [0.1, 0.15) is 23.2 Å². The molecular weight excluding hydrogens is 621 g/mol. The van der Waals surface area contributed by atoms with Gasteiger partial charge in [-0.15, -0.1) is 0 Å². The molecule has 212 valence electrons. The van der Waals surface area contributed by atoms with Crippen LogP contribution in [0, 0.1) is 4.91 Å². The topological polar surface area (TPSA) is 145 Å². The van der Waals surface area contributed by atoms with E-state index in [1.807, 2.05) is 0 Å². The van der Waals surface area contributed by atoms with Gasteiger partial charge in [0.1, 0.15) is 12.7 Å². The number of rotatable bonds is 10. The number of halogens is 1. The summed E-state index contributed by atoms with van der Waals surface area (Å²) in [5.74, 6) is -1.16. The van der Waals surface area contributed by atoms with Crippen LogP contribution in [-0.2, 0) is 47.6 Å². The lowest BCUT2D eigenvalue weighted by Gasteiger charge is -2.28. The SMILES string of the molecule is COC(=O)C[C@H]1COC(CI)CO1.COC(=O)C[C@H]1COC(COC(=O)c2ccc([N+](=O)OC)cc2)CO1. The first-order valence-electron chi connectivity index (χ1n) is 11.7. The number of carbonyl (C=O) groups excluding carboxylic acids is 3. The molecule has 2 saturated heterocycles. The van der Waals surface area contributed by atoms with Crippen molar-refractivity contribution in [3.8, 4) is 0 Å². The number of ether oxygens (including phenoxy) is 7. The number of alkyl halides is 1. The van der Waals surface area contributed by atoms with Gasteiger partial charge < -0.3 is 33.2 Å². The molecule has 1 aromatic rings. The quantitative estimate of drug-likeness (QED) is 0.120. The zero-order valence-corrected chi connectivity index (χ0v) is 23.7. The molecule has 13 nitrogen and oxygen atoms in total. The van der Waals surface area contributed by atoms with Crippen LogP contribution in [0.15, 0.2) is 24.3 Å². The van der Waals surface area contributed by atoms with Gasteiger partial charge in [-0.25, -0.2) is 9.63 Å². The highest BCUT2D eigenvalue weighted by molar-refractivity contribution is 14.1. The summed E-state index contributed by atoms with van der Waals surface area (Å²) in [5.41, 5.74) is 0.563. The van der Waals surface area contributed by atoms with E-state index in [0.717, 1.165) is 4.43 Å². The van der Waals surface area contributed by atoms with Gasteiger partial charge in [-0.1, -0.05) is 22.6 Å². The van der Waals surface area contributed by atoms with Crippen molar-refractivity contribution in [2.24, 2.45) is 0 Å². The standard InChI is InChI=1S/C16H20NO8.C8H13IO4/c1-21-15(18)7-13-8-24-14(9-23-13)10-25-16(19)11-3-5-12(6-4-11)17(20)22-2;1-11-8(10)2-6-4-13-7(3-9)5-12-6/h3-6,13-14H,7-10H2,1-2H3;6-7H,2-5H2,1H3/q+1;/t13-,14?;6-,7?/m00/s1. The summed E-state index contributed by atoms with van der Waals surface area (Å²) in [5, 5.41) is 0. The molecule has 0 bridgehead atoms. The Bertz CT molecular complexity index is 896. The number of hydrogen-bond donors (Lipinski definition) is 0. The molecule has 0 aliphatic carbocycles. The Morgan fingerprint density at radius 1 is 0.816 bits per heavy atom. The van der Waals surface area contributed by atoms with E-state index in [-0.39, 0.29) is 68.6 Å². The largest absolute Gasteiger partial charge is 0.469 e. The second-order valence-corrected chi connectivity index (χ2v) is 9.00. The number of benzene rings is 1. The van der Waals surface area contributed by atoms with E-state index in [0.29, 0.717) is 23.7 Å². The number of esters is 3. The molecule has 3 rings (SSSR count). The van der Waals surface area contributed by atoms with Crippen LogP contribution in [0.3, 0.4) is 0 Å². The maximum Gasteiger partial charge on any atom is 0.338 e. The third kappa shape index (κ3) is 11.1. The molecule has 0 saturated carbocycles. The molecule has 2 aliphatic rings. The molecule has 0 aromatic heterocycles. The zero-order valence-electron chi connectivity index (χ0n) is 21.5. The van der Waals surface area contributed by atoms with Crippen LogP contribution in [0.5, 0.6) is 0 Å². The third-order valence-corrected chi connectivity index (χ3v) is 6.35. The Labute approximate surface area is 234 Å². The molecule has 2 fully saturated rings. The van der Waals surface area contributed by atoms with E-state index in [9.17, 15) is 19.3 Å². The van der Waals surface area contributed by atoms with E-state index in [2.05, 4.69) is 36.9 Å². The molecular formula is C24H33INO12+. The predicted octanol–water partition coefficient (Wildman–Crippen LogP) is 1.93. The summed E-state index contributed by atoms with van der Waals surface area (Å²) in [7, 11) is 3.93. The van der Waals surface area contributed by atoms with Gasteiger partial charge in [0, 0.05) is 16.6 Å². The Hall–Kier alpha value is -2.40. The van der Waals surface area contributed by atoms with Crippen LogP contribution in [0.4, 0.5) is 5.69 Å². The minimum Gasteiger partial charge on any atom is -0.469 e. The van der Waals surface area contributed by atoms with Crippen molar-refractivity contribution >= 4 is 46.2 Å². The Morgan fingerprint density at radius 3 is 1.71 bits per heavy atom. The van der Waals surface area contributed by atoms with E-state index >= 15 is 0 Å². The van der Waals surface area contributed by atoms with Gasteiger partial charge in [0.25, 0.3) is 4.92 Å². The molecule has 2 unspecified atom stereocenters. The van der Waals surface area contributed by atoms with E-state index < -0.39 is 12.1 Å². The van der Waals surface area contributed by atoms with Gasteiger partial charge >= 0.3 is 23.6 Å². The van der Waals surface area contributed by atoms with E-state index in [1.54, 1.807) is 0 Å². The van der Waals surface area contributed by atoms with Crippen molar-refractivity contribution in [3.05, 3.63) is 34.7 Å². The number of carbonyl (C=O) groups is 3. The van der Waals surface area contributed by atoms with Gasteiger partial charge in [-0.05, 0) is 12.1 Å². The average molecular weight is 654 g/mol. The summed E-state index contributed by atoms with van der Waals surface area (Å²) in [6, 6.07) is 5.83. The van der Waals surface area contributed by atoms with Gasteiger partial charge in [0.05, 0.1) is 82.3 Å². The average Bonchev–Trinajstić information content (AvgIpc) is 2.96. The molecule has 0 radical (unpaired) electrons.